The van der Waals surface area contributed by atoms with Crippen LogP contribution in [0.4, 0.5) is 5.69 Å². The van der Waals surface area contributed by atoms with Crippen molar-refractivity contribution in [1.82, 2.24) is 34.1 Å². The highest BCUT2D eigenvalue weighted by atomic mass is 16.3. The molecule has 48 heavy (non-hydrogen) atoms. The number of rotatable bonds is 9. The molecule has 0 radical (unpaired) electrons. The van der Waals surface area contributed by atoms with Gasteiger partial charge in [0, 0.05) is 68.7 Å². The Morgan fingerprint density at radius 3 is 2.62 bits per heavy atom. The molecule has 6 rings (SSSR count). The minimum absolute atomic E-state index is 0.223. The lowest BCUT2D eigenvalue weighted by atomic mass is 10.0. The van der Waals surface area contributed by atoms with E-state index in [2.05, 4.69) is 54.4 Å². The van der Waals surface area contributed by atoms with Gasteiger partial charge in [0.1, 0.15) is 0 Å². The van der Waals surface area contributed by atoms with Crippen LogP contribution >= 0.6 is 0 Å². The van der Waals surface area contributed by atoms with Gasteiger partial charge in [-0.3, -0.25) is 19.3 Å². The predicted octanol–water partition coefficient (Wildman–Crippen LogP) is 3.25. The van der Waals surface area contributed by atoms with Gasteiger partial charge in [-0.1, -0.05) is 18.2 Å². The number of hydrogen-bond donors (Lipinski definition) is 3. The number of aromatic amines is 1. The number of pyridine rings is 1. The van der Waals surface area contributed by atoms with Gasteiger partial charge < -0.3 is 24.9 Å². The summed E-state index contributed by atoms with van der Waals surface area (Å²) in [5, 5.41) is 17.9. The molecule has 248 valence electrons. The maximum atomic E-state index is 13.6. The molecule has 4 heterocycles. The number of fused-ring (bicyclic) bond motifs is 1. The zero-order chi connectivity index (χ0) is 34.0. The summed E-state index contributed by atoms with van der Waals surface area (Å²) in [6, 6.07) is 14.5. The molecule has 1 fully saturated rings. The topological polar surface area (TPSA) is 154 Å². The number of carbonyl (C=O) groups is 3. The normalized spacial score (nSPS) is 14.8. The van der Waals surface area contributed by atoms with Gasteiger partial charge in [0.15, 0.2) is 12.1 Å². The number of nitrogens with zero attached hydrogens (tertiary/aromatic N) is 7. The lowest BCUT2D eigenvalue weighted by Gasteiger charge is -2.32. The molecule has 13 heteroatoms. The second-order valence-electron chi connectivity index (χ2n) is 12.8. The van der Waals surface area contributed by atoms with E-state index in [1.165, 1.54) is 17.8 Å². The van der Waals surface area contributed by atoms with Crippen molar-refractivity contribution in [2.24, 2.45) is 4.99 Å². The number of aromatic nitrogens is 5. The smallest absolute Gasteiger partial charge is 0.280 e. The number of piperazine rings is 1. The molecule has 2 amide bonds. The molecule has 1 saturated heterocycles. The molecule has 2 aromatic carbocycles. The predicted molar refractivity (Wildman–Crippen MR) is 182 cm³/mol. The molecule has 0 unspecified atom stereocenters. The number of H-pyrrole nitrogens is 1. The highest BCUT2D eigenvalue weighted by molar-refractivity contribution is 6.00. The minimum Gasteiger partial charge on any atom is -0.389 e. The summed E-state index contributed by atoms with van der Waals surface area (Å²) in [6.45, 7) is 9.92. The van der Waals surface area contributed by atoms with Gasteiger partial charge in [0.25, 0.3) is 5.91 Å². The maximum Gasteiger partial charge on any atom is 0.280 e. The molecule has 0 spiro atoms. The first-order valence-electron chi connectivity index (χ1n) is 15.8. The fraction of sp³-hybridized carbons (Fsp3) is 0.314. The molecule has 0 aliphatic carbocycles. The van der Waals surface area contributed by atoms with E-state index in [1.54, 1.807) is 56.6 Å². The van der Waals surface area contributed by atoms with E-state index in [0.29, 0.717) is 45.7 Å². The zero-order valence-electron chi connectivity index (χ0n) is 27.5. The number of amides is 2. The SMILES string of the molecule is CC(=O)Nc1cccc(-c2cnn(-c3cc(C(=O)/N=c4\[nH]c5ccc(CN6CCN(C)CC6)cc5n4CC(C)(C)O)ccn3)c2)c1C=O. The van der Waals surface area contributed by atoms with Crippen molar-refractivity contribution in [1.29, 1.82) is 0 Å². The number of nitrogens with one attached hydrogen (secondary N) is 2. The van der Waals surface area contributed by atoms with Crippen LogP contribution in [0.5, 0.6) is 0 Å². The number of hydrogen-bond acceptors (Lipinski definition) is 8. The van der Waals surface area contributed by atoms with Crippen molar-refractivity contribution in [2.75, 3.05) is 38.5 Å². The third-order valence-corrected chi connectivity index (χ3v) is 8.27. The second kappa shape index (κ2) is 13.5. The van der Waals surface area contributed by atoms with Crippen LogP contribution in [0.2, 0.25) is 0 Å². The molecule has 13 nitrogen and oxygen atoms in total. The molecule has 1 aliphatic rings. The van der Waals surface area contributed by atoms with Crippen LogP contribution in [0, 0.1) is 0 Å². The minimum atomic E-state index is -1.06. The fourth-order valence-electron chi connectivity index (χ4n) is 5.87. The maximum absolute atomic E-state index is 13.6. The lowest BCUT2D eigenvalue weighted by molar-refractivity contribution is -0.114. The van der Waals surface area contributed by atoms with Gasteiger partial charge in [0.2, 0.25) is 11.5 Å². The van der Waals surface area contributed by atoms with Crippen LogP contribution in [0.15, 0.2) is 72.1 Å². The first-order valence-corrected chi connectivity index (χ1v) is 15.8. The number of benzene rings is 2. The summed E-state index contributed by atoms with van der Waals surface area (Å²) in [7, 11) is 2.14. The van der Waals surface area contributed by atoms with Crippen molar-refractivity contribution in [3.63, 3.8) is 0 Å². The van der Waals surface area contributed by atoms with E-state index in [1.807, 2.05) is 10.6 Å². The van der Waals surface area contributed by atoms with E-state index in [9.17, 15) is 19.5 Å². The highest BCUT2D eigenvalue weighted by Gasteiger charge is 2.20. The van der Waals surface area contributed by atoms with Crippen molar-refractivity contribution >= 4 is 34.8 Å². The summed E-state index contributed by atoms with van der Waals surface area (Å²) in [4.78, 5) is 54.0. The first kappa shape index (κ1) is 32.7. The first-order chi connectivity index (χ1) is 23.0. The number of aliphatic hydroxyl groups is 1. The largest absolute Gasteiger partial charge is 0.389 e. The van der Waals surface area contributed by atoms with E-state index >= 15 is 0 Å². The Morgan fingerprint density at radius 2 is 1.90 bits per heavy atom. The molecular weight excluding hydrogens is 610 g/mol. The highest BCUT2D eigenvalue weighted by Crippen LogP contribution is 2.28. The third kappa shape index (κ3) is 7.33. The fourth-order valence-corrected chi connectivity index (χ4v) is 5.87. The average molecular weight is 650 g/mol. The molecule has 0 saturated carbocycles. The van der Waals surface area contributed by atoms with Crippen molar-refractivity contribution < 1.29 is 19.5 Å². The van der Waals surface area contributed by atoms with E-state index in [4.69, 9.17) is 0 Å². The van der Waals surface area contributed by atoms with E-state index < -0.39 is 11.5 Å². The summed E-state index contributed by atoms with van der Waals surface area (Å²) >= 11 is 0. The van der Waals surface area contributed by atoms with Gasteiger partial charge in [-0.05, 0) is 62.4 Å². The zero-order valence-corrected chi connectivity index (χ0v) is 27.5. The van der Waals surface area contributed by atoms with Crippen LogP contribution in [0.25, 0.3) is 28.0 Å². The Balaban J connectivity index is 1.30. The number of likely N-dealkylation sites (N-methyl/N-ethyl adjacent to an activating group) is 1. The number of aldehydes is 1. The molecule has 1 aliphatic heterocycles. The van der Waals surface area contributed by atoms with Gasteiger partial charge in [0.05, 0.1) is 35.1 Å². The molecule has 0 bridgehead atoms. The van der Waals surface area contributed by atoms with Crippen molar-refractivity contribution in [3.05, 3.63) is 89.4 Å². The molecular formula is C35H39N9O4. The summed E-state index contributed by atoms with van der Waals surface area (Å²) in [6.07, 6.45) is 5.48. The standard InChI is InChI=1S/C35H39N9O4/c1-23(46)38-29-7-5-6-27(28(29)21-45)26-18-37-44(20-26)32-17-25(10-11-36-32)33(47)40-34-39-30-9-8-24(19-42-14-12-41(4)13-15-42)16-31(30)43(34)22-35(2,3)48/h5-11,16-18,20-21,48H,12-15,19,22H2,1-4H3,(H,38,46)(H,39,40,47). The Bertz CT molecular complexity index is 2060. The lowest BCUT2D eigenvalue weighted by Crippen LogP contribution is -2.43. The van der Waals surface area contributed by atoms with E-state index in [0.717, 1.165) is 49.3 Å². The Hall–Kier alpha value is -5.24. The van der Waals surface area contributed by atoms with Crippen LogP contribution in [-0.2, 0) is 17.9 Å². The Kier molecular flexibility index (Phi) is 9.18. The van der Waals surface area contributed by atoms with E-state index in [-0.39, 0.29) is 12.5 Å². The quantitative estimate of drug-likeness (QED) is 0.206. The Morgan fingerprint density at radius 1 is 1.10 bits per heavy atom. The Labute approximate surface area is 277 Å². The number of carbonyl (C=O) groups excluding carboxylic acids is 3. The summed E-state index contributed by atoms with van der Waals surface area (Å²) in [5.74, 6) is -0.403. The number of imidazole rings is 1. The number of anilines is 1. The average Bonchev–Trinajstić information content (AvgIpc) is 3.66. The summed E-state index contributed by atoms with van der Waals surface area (Å²) in [5.41, 5.74) is 4.32. The summed E-state index contributed by atoms with van der Waals surface area (Å²) < 4.78 is 3.35. The van der Waals surface area contributed by atoms with Crippen molar-refractivity contribution in [3.8, 4) is 16.9 Å². The third-order valence-electron chi connectivity index (χ3n) is 8.27. The second-order valence-corrected chi connectivity index (χ2v) is 12.8. The van der Waals surface area contributed by atoms with Gasteiger partial charge in [-0.15, -0.1) is 0 Å². The van der Waals surface area contributed by atoms with Crippen molar-refractivity contribution in [2.45, 2.75) is 39.5 Å². The van der Waals surface area contributed by atoms with Gasteiger partial charge in [-0.25, -0.2) is 9.67 Å². The van der Waals surface area contributed by atoms with Crippen LogP contribution in [0.3, 0.4) is 0 Å². The van der Waals surface area contributed by atoms with Gasteiger partial charge in [-0.2, -0.15) is 10.1 Å². The van der Waals surface area contributed by atoms with Crippen LogP contribution < -0.4 is 10.9 Å². The molecule has 0 atom stereocenters. The molecule has 3 N–H and O–H groups in total. The van der Waals surface area contributed by atoms with Crippen LogP contribution in [-0.4, -0.2) is 96.2 Å². The van der Waals surface area contributed by atoms with Crippen LogP contribution in [0.1, 0.15) is 47.1 Å². The molecule has 5 aromatic rings. The molecule has 3 aromatic heterocycles. The van der Waals surface area contributed by atoms with Gasteiger partial charge >= 0.3 is 0 Å². The monoisotopic (exact) mass is 649 g/mol.